The molecular formula is C13H19BrFNO2. The van der Waals surface area contributed by atoms with Crippen molar-refractivity contribution in [2.45, 2.75) is 19.4 Å². The van der Waals surface area contributed by atoms with E-state index in [2.05, 4.69) is 21.2 Å². The van der Waals surface area contributed by atoms with Gasteiger partial charge in [0.25, 0.3) is 0 Å². The minimum absolute atomic E-state index is 0.0619. The van der Waals surface area contributed by atoms with E-state index in [1.807, 2.05) is 6.92 Å². The molecule has 0 bridgehead atoms. The van der Waals surface area contributed by atoms with Crippen molar-refractivity contribution < 1.29 is 14.2 Å². The first-order chi connectivity index (χ1) is 8.65. The van der Waals surface area contributed by atoms with Crippen molar-refractivity contribution in [1.29, 1.82) is 0 Å². The molecule has 0 aromatic heterocycles. The second-order valence-electron chi connectivity index (χ2n) is 4.03. The first kappa shape index (κ1) is 15.6. The number of aliphatic hydroxyl groups is 1. The summed E-state index contributed by atoms with van der Waals surface area (Å²) in [6.45, 7) is 3.93. The van der Waals surface area contributed by atoms with E-state index in [1.54, 1.807) is 6.07 Å². The van der Waals surface area contributed by atoms with Gasteiger partial charge in [-0.15, -0.1) is 0 Å². The summed E-state index contributed by atoms with van der Waals surface area (Å²) in [5.41, 5.74) is 1.03. The molecule has 1 unspecified atom stereocenters. The Morgan fingerprint density at radius 2 is 2.22 bits per heavy atom. The van der Waals surface area contributed by atoms with Gasteiger partial charge in [-0.2, -0.15) is 0 Å². The predicted molar refractivity (Wildman–Crippen MR) is 73.0 cm³/mol. The Morgan fingerprint density at radius 3 is 2.89 bits per heavy atom. The lowest BCUT2D eigenvalue weighted by atomic mass is 10.1. The molecule has 0 saturated carbocycles. The maximum atomic E-state index is 12.9. The maximum absolute atomic E-state index is 12.9. The topological polar surface area (TPSA) is 41.5 Å². The number of hydrogen-bond acceptors (Lipinski definition) is 3. The van der Waals surface area contributed by atoms with Gasteiger partial charge < -0.3 is 15.2 Å². The monoisotopic (exact) mass is 319 g/mol. The summed E-state index contributed by atoms with van der Waals surface area (Å²) in [5, 5.41) is 11.9. The van der Waals surface area contributed by atoms with E-state index in [-0.39, 0.29) is 18.5 Å². The van der Waals surface area contributed by atoms with Gasteiger partial charge >= 0.3 is 0 Å². The lowest BCUT2D eigenvalue weighted by Crippen LogP contribution is -2.21. The Kier molecular flexibility index (Phi) is 7.42. The summed E-state index contributed by atoms with van der Waals surface area (Å²) in [4.78, 5) is 0. The van der Waals surface area contributed by atoms with Gasteiger partial charge in [-0.05, 0) is 37.6 Å². The Hall–Kier alpha value is -0.490. The minimum Gasteiger partial charge on any atom is -0.394 e. The standard InChI is InChI=1S/C13H19BrFNO2/c1-10(16-5-2-7-18-8-6-17)12-4-3-11(15)9-13(12)14/h3-4,9-10,16-17H,2,5-8H2,1H3. The molecule has 0 aliphatic rings. The van der Waals surface area contributed by atoms with Gasteiger partial charge in [0.2, 0.25) is 0 Å². The lowest BCUT2D eigenvalue weighted by molar-refractivity contribution is 0.0904. The van der Waals surface area contributed by atoms with Gasteiger partial charge in [0.15, 0.2) is 0 Å². The largest absolute Gasteiger partial charge is 0.394 e. The highest BCUT2D eigenvalue weighted by Crippen LogP contribution is 2.23. The number of benzene rings is 1. The smallest absolute Gasteiger partial charge is 0.124 e. The number of halogens is 2. The fraction of sp³-hybridized carbons (Fsp3) is 0.538. The lowest BCUT2D eigenvalue weighted by Gasteiger charge is -2.15. The Bertz CT molecular complexity index is 363. The fourth-order valence-electron chi connectivity index (χ4n) is 1.62. The van der Waals surface area contributed by atoms with Crippen molar-refractivity contribution in [2.24, 2.45) is 0 Å². The highest BCUT2D eigenvalue weighted by molar-refractivity contribution is 9.10. The number of ether oxygens (including phenoxy) is 1. The van der Waals surface area contributed by atoms with Crippen LogP contribution in [-0.4, -0.2) is 31.5 Å². The third kappa shape index (κ3) is 5.44. The van der Waals surface area contributed by atoms with Crippen LogP contribution in [0, 0.1) is 5.82 Å². The molecule has 1 aromatic carbocycles. The summed E-state index contributed by atoms with van der Waals surface area (Å²) in [5.74, 6) is -0.241. The van der Waals surface area contributed by atoms with Crippen LogP contribution in [0.3, 0.4) is 0 Å². The maximum Gasteiger partial charge on any atom is 0.124 e. The number of hydrogen-bond donors (Lipinski definition) is 2. The summed E-state index contributed by atoms with van der Waals surface area (Å²) >= 11 is 3.36. The molecule has 0 amide bonds. The fourth-order valence-corrected chi connectivity index (χ4v) is 2.32. The SMILES string of the molecule is CC(NCCCOCCO)c1ccc(F)cc1Br. The second-order valence-corrected chi connectivity index (χ2v) is 4.89. The van der Waals surface area contributed by atoms with Crippen LogP contribution < -0.4 is 5.32 Å². The van der Waals surface area contributed by atoms with Crippen molar-refractivity contribution in [1.82, 2.24) is 5.32 Å². The molecule has 2 N–H and O–H groups in total. The van der Waals surface area contributed by atoms with E-state index in [0.717, 1.165) is 23.0 Å². The van der Waals surface area contributed by atoms with Crippen LogP contribution in [0.4, 0.5) is 4.39 Å². The predicted octanol–water partition coefficient (Wildman–Crippen LogP) is 2.64. The molecule has 18 heavy (non-hydrogen) atoms. The molecule has 0 fully saturated rings. The van der Waals surface area contributed by atoms with Gasteiger partial charge in [-0.1, -0.05) is 22.0 Å². The van der Waals surface area contributed by atoms with Crippen molar-refractivity contribution in [3.63, 3.8) is 0 Å². The van der Waals surface area contributed by atoms with E-state index in [4.69, 9.17) is 9.84 Å². The van der Waals surface area contributed by atoms with E-state index >= 15 is 0 Å². The Labute approximate surface area is 115 Å². The number of aliphatic hydroxyl groups excluding tert-OH is 1. The molecule has 1 aromatic rings. The van der Waals surface area contributed by atoms with Crippen LogP contribution in [0.15, 0.2) is 22.7 Å². The molecule has 0 aliphatic carbocycles. The number of rotatable bonds is 8. The van der Waals surface area contributed by atoms with Crippen LogP contribution in [0.2, 0.25) is 0 Å². The molecular weight excluding hydrogens is 301 g/mol. The van der Waals surface area contributed by atoms with Crippen LogP contribution in [0.1, 0.15) is 24.9 Å². The van der Waals surface area contributed by atoms with E-state index in [0.29, 0.717) is 13.2 Å². The van der Waals surface area contributed by atoms with Crippen LogP contribution in [0.5, 0.6) is 0 Å². The summed E-state index contributed by atoms with van der Waals surface area (Å²) in [6, 6.07) is 4.86. The molecule has 3 nitrogen and oxygen atoms in total. The zero-order valence-corrected chi connectivity index (χ0v) is 12.0. The van der Waals surface area contributed by atoms with Crippen LogP contribution in [-0.2, 0) is 4.74 Å². The van der Waals surface area contributed by atoms with Gasteiger partial charge in [0, 0.05) is 17.1 Å². The van der Waals surface area contributed by atoms with Crippen LogP contribution >= 0.6 is 15.9 Å². The normalized spacial score (nSPS) is 12.7. The number of nitrogens with one attached hydrogen (secondary N) is 1. The zero-order valence-electron chi connectivity index (χ0n) is 10.5. The summed E-state index contributed by atoms with van der Waals surface area (Å²) < 4.78 is 18.9. The van der Waals surface area contributed by atoms with Gasteiger partial charge in [0.1, 0.15) is 5.82 Å². The molecule has 0 spiro atoms. The van der Waals surface area contributed by atoms with E-state index < -0.39 is 0 Å². The average molecular weight is 320 g/mol. The third-order valence-electron chi connectivity index (χ3n) is 2.58. The van der Waals surface area contributed by atoms with Crippen LogP contribution in [0.25, 0.3) is 0 Å². The molecule has 5 heteroatoms. The first-order valence-corrected chi connectivity index (χ1v) is 6.81. The summed E-state index contributed by atoms with van der Waals surface area (Å²) in [6.07, 6.45) is 0.878. The zero-order chi connectivity index (χ0) is 13.4. The third-order valence-corrected chi connectivity index (χ3v) is 3.27. The van der Waals surface area contributed by atoms with Gasteiger partial charge in [-0.25, -0.2) is 4.39 Å². The Morgan fingerprint density at radius 1 is 1.44 bits per heavy atom. The molecule has 0 radical (unpaired) electrons. The second kappa shape index (κ2) is 8.58. The van der Waals surface area contributed by atoms with Crippen molar-refractivity contribution in [3.05, 3.63) is 34.1 Å². The first-order valence-electron chi connectivity index (χ1n) is 6.02. The molecule has 0 saturated heterocycles. The van der Waals surface area contributed by atoms with Crippen molar-refractivity contribution in [2.75, 3.05) is 26.4 Å². The van der Waals surface area contributed by atoms with Gasteiger partial charge in [-0.3, -0.25) is 0 Å². The highest BCUT2D eigenvalue weighted by atomic mass is 79.9. The van der Waals surface area contributed by atoms with E-state index in [1.165, 1.54) is 12.1 Å². The molecule has 0 aliphatic heterocycles. The van der Waals surface area contributed by atoms with E-state index in [9.17, 15) is 4.39 Å². The minimum atomic E-state index is -0.241. The molecule has 1 rings (SSSR count). The van der Waals surface area contributed by atoms with Crippen molar-refractivity contribution >= 4 is 15.9 Å². The molecule has 102 valence electrons. The van der Waals surface area contributed by atoms with Crippen molar-refractivity contribution in [3.8, 4) is 0 Å². The highest BCUT2D eigenvalue weighted by Gasteiger charge is 2.09. The Balaban J connectivity index is 2.29. The quantitative estimate of drug-likeness (QED) is 0.724. The van der Waals surface area contributed by atoms with Gasteiger partial charge in [0.05, 0.1) is 13.2 Å². The summed E-state index contributed by atoms with van der Waals surface area (Å²) in [7, 11) is 0. The average Bonchev–Trinajstić information content (AvgIpc) is 2.33. The molecule has 0 heterocycles. The molecule has 1 atom stereocenters.